The van der Waals surface area contributed by atoms with Gasteiger partial charge >= 0.3 is 0 Å². The number of nitrogens with zero attached hydrogens (tertiary/aromatic N) is 1. The molecule has 1 aliphatic heterocycles. The molecule has 0 aliphatic carbocycles. The van der Waals surface area contributed by atoms with Crippen LogP contribution < -0.4 is 5.32 Å². The van der Waals surface area contributed by atoms with E-state index in [0.717, 1.165) is 36.8 Å². The van der Waals surface area contributed by atoms with Gasteiger partial charge in [-0.1, -0.05) is 6.42 Å². The Labute approximate surface area is 136 Å². The lowest BCUT2D eigenvalue weighted by atomic mass is 10.0. The Balaban J connectivity index is 1.45. The molecule has 3 rings (SSSR count). The van der Waals surface area contributed by atoms with Crippen molar-refractivity contribution in [2.45, 2.75) is 31.7 Å². The monoisotopic (exact) mass is 315 g/mol. The van der Waals surface area contributed by atoms with E-state index < -0.39 is 0 Å². The first-order chi connectivity index (χ1) is 11.3. The van der Waals surface area contributed by atoms with E-state index in [-0.39, 0.29) is 12.5 Å². The van der Waals surface area contributed by atoms with E-state index in [4.69, 9.17) is 0 Å². The predicted molar refractivity (Wildman–Crippen MR) is 91.5 cm³/mol. The highest BCUT2D eigenvalue weighted by molar-refractivity contribution is 5.98. The SMILES string of the molecule is O=C(NCCCN1CCCC[C@H]1CO)c1ccc2[nH]ccc2c1. The lowest BCUT2D eigenvalue weighted by Crippen LogP contribution is -2.43. The molecule has 1 fully saturated rings. The Bertz CT molecular complexity index is 653. The van der Waals surface area contributed by atoms with Gasteiger partial charge < -0.3 is 15.4 Å². The van der Waals surface area contributed by atoms with Crippen LogP contribution in [-0.2, 0) is 0 Å². The number of nitrogens with one attached hydrogen (secondary N) is 2. The smallest absolute Gasteiger partial charge is 0.251 e. The van der Waals surface area contributed by atoms with Gasteiger partial charge in [-0.2, -0.15) is 0 Å². The van der Waals surface area contributed by atoms with E-state index in [1.165, 1.54) is 12.8 Å². The highest BCUT2D eigenvalue weighted by Gasteiger charge is 2.20. The number of benzene rings is 1. The first-order valence-electron chi connectivity index (χ1n) is 8.48. The summed E-state index contributed by atoms with van der Waals surface area (Å²) in [5.74, 6) is -0.0227. The maximum atomic E-state index is 12.2. The molecule has 3 N–H and O–H groups in total. The van der Waals surface area contributed by atoms with Crippen LogP contribution >= 0.6 is 0 Å². The molecular weight excluding hydrogens is 290 g/mol. The van der Waals surface area contributed by atoms with Gasteiger partial charge in [-0.3, -0.25) is 9.69 Å². The summed E-state index contributed by atoms with van der Waals surface area (Å²) in [5.41, 5.74) is 1.74. The van der Waals surface area contributed by atoms with E-state index in [1.54, 1.807) is 0 Å². The molecular formula is C18H25N3O2. The number of hydrogen-bond acceptors (Lipinski definition) is 3. The molecule has 124 valence electrons. The van der Waals surface area contributed by atoms with Crippen molar-refractivity contribution in [2.75, 3.05) is 26.2 Å². The molecule has 0 bridgehead atoms. The second-order valence-electron chi connectivity index (χ2n) is 6.26. The molecule has 1 amide bonds. The van der Waals surface area contributed by atoms with E-state index >= 15 is 0 Å². The molecule has 5 heteroatoms. The summed E-state index contributed by atoms with van der Waals surface area (Å²) in [7, 11) is 0. The number of aromatic nitrogens is 1. The summed E-state index contributed by atoms with van der Waals surface area (Å²) in [5, 5.41) is 13.5. The summed E-state index contributed by atoms with van der Waals surface area (Å²) < 4.78 is 0. The predicted octanol–water partition coefficient (Wildman–Crippen LogP) is 2.13. The van der Waals surface area contributed by atoms with Crippen LogP contribution in [0.2, 0.25) is 0 Å². The number of carbonyl (C=O) groups excluding carboxylic acids is 1. The number of aliphatic hydroxyl groups excluding tert-OH is 1. The van der Waals surface area contributed by atoms with Gasteiger partial charge in [0.2, 0.25) is 0 Å². The minimum atomic E-state index is -0.0227. The van der Waals surface area contributed by atoms with Crippen LogP contribution in [0.4, 0.5) is 0 Å². The fourth-order valence-corrected chi connectivity index (χ4v) is 3.34. The van der Waals surface area contributed by atoms with E-state index in [1.807, 2.05) is 30.5 Å². The van der Waals surface area contributed by atoms with Crippen LogP contribution in [0.5, 0.6) is 0 Å². The van der Waals surface area contributed by atoms with Gasteiger partial charge in [-0.25, -0.2) is 0 Å². The first-order valence-corrected chi connectivity index (χ1v) is 8.48. The molecule has 1 aromatic heterocycles. The lowest BCUT2D eigenvalue weighted by Gasteiger charge is -2.34. The molecule has 0 saturated carbocycles. The fourth-order valence-electron chi connectivity index (χ4n) is 3.34. The minimum absolute atomic E-state index is 0.0227. The van der Waals surface area contributed by atoms with E-state index in [2.05, 4.69) is 15.2 Å². The third-order valence-electron chi connectivity index (χ3n) is 4.68. The van der Waals surface area contributed by atoms with Crippen molar-refractivity contribution >= 4 is 16.8 Å². The average molecular weight is 315 g/mol. The Kier molecular flexibility index (Phi) is 5.31. The van der Waals surface area contributed by atoms with Gasteiger partial charge in [0, 0.05) is 41.8 Å². The van der Waals surface area contributed by atoms with Gasteiger partial charge in [-0.05, 0) is 50.1 Å². The van der Waals surface area contributed by atoms with Crippen LogP contribution in [0.1, 0.15) is 36.0 Å². The molecule has 1 saturated heterocycles. The largest absolute Gasteiger partial charge is 0.395 e. The highest BCUT2D eigenvalue weighted by atomic mass is 16.3. The number of aromatic amines is 1. The number of aliphatic hydroxyl groups is 1. The Morgan fingerprint density at radius 1 is 1.35 bits per heavy atom. The number of amides is 1. The van der Waals surface area contributed by atoms with Crippen molar-refractivity contribution in [3.63, 3.8) is 0 Å². The Morgan fingerprint density at radius 2 is 2.26 bits per heavy atom. The Hall–Kier alpha value is -1.85. The molecule has 5 nitrogen and oxygen atoms in total. The lowest BCUT2D eigenvalue weighted by molar-refractivity contribution is 0.0868. The van der Waals surface area contributed by atoms with Crippen LogP contribution in [-0.4, -0.2) is 53.2 Å². The topological polar surface area (TPSA) is 68.4 Å². The highest BCUT2D eigenvalue weighted by Crippen LogP contribution is 2.16. The van der Waals surface area contributed by atoms with Gasteiger partial charge in [0.05, 0.1) is 6.61 Å². The number of piperidine rings is 1. The van der Waals surface area contributed by atoms with Crippen LogP contribution in [0.15, 0.2) is 30.5 Å². The number of carbonyl (C=O) groups is 1. The number of rotatable bonds is 6. The van der Waals surface area contributed by atoms with Crippen molar-refractivity contribution < 1.29 is 9.90 Å². The number of likely N-dealkylation sites (tertiary alicyclic amines) is 1. The van der Waals surface area contributed by atoms with Crippen molar-refractivity contribution in [3.05, 3.63) is 36.0 Å². The van der Waals surface area contributed by atoms with Crippen molar-refractivity contribution in [3.8, 4) is 0 Å². The average Bonchev–Trinajstić information content (AvgIpc) is 3.06. The second-order valence-corrected chi connectivity index (χ2v) is 6.26. The molecule has 1 aromatic carbocycles. The molecule has 1 atom stereocenters. The van der Waals surface area contributed by atoms with Gasteiger partial charge in [0.15, 0.2) is 0 Å². The minimum Gasteiger partial charge on any atom is -0.395 e. The molecule has 23 heavy (non-hydrogen) atoms. The quantitative estimate of drug-likeness (QED) is 0.715. The molecule has 0 radical (unpaired) electrons. The zero-order valence-corrected chi connectivity index (χ0v) is 13.4. The summed E-state index contributed by atoms with van der Waals surface area (Å²) in [6.45, 7) is 2.90. The summed E-state index contributed by atoms with van der Waals surface area (Å²) in [6, 6.07) is 7.96. The first kappa shape index (κ1) is 16.0. The summed E-state index contributed by atoms with van der Waals surface area (Å²) in [6.07, 6.45) is 6.29. The number of fused-ring (bicyclic) bond motifs is 1. The maximum Gasteiger partial charge on any atom is 0.251 e. The van der Waals surface area contributed by atoms with Crippen molar-refractivity contribution in [1.29, 1.82) is 0 Å². The van der Waals surface area contributed by atoms with Gasteiger partial charge in [0.1, 0.15) is 0 Å². The Morgan fingerprint density at radius 3 is 3.13 bits per heavy atom. The number of H-pyrrole nitrogens is 1. The summed E-state index contributed by atoms with van der Waals surface area (Å²) in [4.78, 5) is 17.7. The van der Waals surface area contributed by atoms with Crippen LogP contribution in [0.25, 0.3) is 10.9 Å². The standard InChI is InChI=1S/C18H25N3O2/c22-13-16-4-1-2-10-21(16)11-3-8-20-18(23)15-5-6-17-14(12-15)7-9-19-17/h5-7,9,12,16,19,22H,1-4,8,10-11,13H2,(H,20,23)/t16-/m0/s1. The van der Waals surface area contributed by atoms with Gasteiger partial charge in [-0.15, -0.1) is 0 Å². The third-order valence-corrected chi connectivity index (χ3v) is 4.68. The molecule has 0 unspecified atom stereocenters. The van der Waals surface area contributed by atoms with Gasteiger partial charge in [0.25, 0.3) is 5.91 Å². The van der Waals surface area contributed by atoms with Crippen LogP contribution in [0.3, 0.4) is 0 Å². The van der Waals surface area contributed by atoms with E-state index in [9.17, 15) is 9.90 Å². The van der Waals surface area contributed by atoms with Crippen LogP contribution in [0, 0.1) is 0 Å². The maximum absolute atomic E-state index is 12.2. The number of hydrogen-bond donors (Lipinski definition) is 3. The van der Waals surface area contributed by atoms with Crippen molar-refractivity contribution in [1.82, 2.24) is 15.2 Å². The fraction of sp³-hybridized carbons (Fsp3) is 0.500. The van der Waals surface area contributed by atoms with E-state index in [0.29, 0.717) is 18.2 Å². The van der Waals surface area contributed by atoms with Crippen molar-refractivity contribution in [2.24, 2.45) is 0 Å². The summed E-state index contributed by atoms with van der Waals surface area (Å²) >= 11 is 0. The molecule has 0 spiro atoms. The third kappa shape index (κ3) is 3.92. The zero-order chi connectivity index (χ0) is 16.1. The normalized spacial score (nSPS) is 19.1. The molecule has 1 aliphatic rings. The second kappa shape index (κ2) is 7.62. The zero-order valence-electron chi connectivity index (χ0n) is 13.4. The molecule has 2 aromatic rings. The molecule has 2 heterocycles.